The second-order valence-corrected chi connectivity index (χ2v) is 7.48. The highest BCUT2D eigenvalue weighted by atomic mass is 16.3. The van der Waals surface area contributed by atoms with Crippen molar-refractivity contribution in [2.45, 2.75) is 44.9 Å². The van der Waals surface area contributed by atoms with Gasteiger partial charge in [-0.05, 0) is 31.9 Å². The molecule has 4 atom stereocenters. The lowest BCUT2D eigenvalue weighted by atomic mass is 10.1. The highest BCUT2D eigenvalue weighted by Crippen LogP contribution is 2.35. The van der Waals surface area contributed by atoms with E-state index in [-0.39, 0.29) is 12.4 Å². The van der Waals surface area contributed by atoms with Gasteiger partial charge in [-0.25, -0.2) is 4.79 Å². The maximum Gasteiger partial charge on any atom is 0.347 e. The van der Waals surface area contributed by atoms with Crippen LogP contribution < -0.4 is 11.0 Å². The molecule has 0 aliphatic heterocycles. The molecule has 1 saturated carbocycles. The minimum Gasteiger partial charge on any atom is -0.454 e. The van der Waals surface area contributed by atoms with E-state index in [9.17, 15) is 20.1 Å². The molecule has 0 bridgehead atoms. The quantitative estimate of drug-likeness (QED) is 0.426. The molecule has 0 amide bonds. The number of H-pyrrole nitrogens is 1. The molecule has 3 aromatic rings. The maximum atomic E-state index is 12.0. The molecule has 9 heteroatoms. The summed E-state index contributed by atoms with van der Waals surface area (Å²) >= 11 is 0. The number of nitrogens with zero attached hydrogens (tertiary/aromatic N) is 2. The molecule has 0 radical (unpaired) electrons. The van der Waals surface area contributed by atoms with E-state index in [1.807, 2.05) is 19.1 Å². The number of aryl methyl sites for hydroxylation is 2. The summed E-state index contributed by atoms with van der Waals surface area (Å²) in [4.78, 5) is 23.0. The van der Waals surface area contributed by atoms with Gasteiger partial charge in [-0.2, -0.15) is 4.98 Å². The third-order valence-electron chi connectivity index (χ3n) is 5.55. The lowest BCUT2D eigenvalue weighted by Gasteiger charge is -2.20. The van der Waals surface area contributed by atoms with Gasteiger partial charge in [-0.3, -0.25) is 4.98 Å². The minimum absolute atomic E-state index is 0.235. The van der Waals surface area contributed by atoms with Crippen molar-refractivity contribution in [1.82, 2.24) is 15.0 Å². The third-order valence-corrected chi connectivity index (χ3v) is 5.55. The molecular weight excluding hydrogens is 376 g/mol. The molecule has 29 heavy (non-hydrogen) atoms. The van der Waals surface area contributed by atoms with Crippen LogP contribution in [-0.2, 0) is 6.42 Å². The second-order valence-electron chi connectivity index (χ2n) is 7.48. The smallest absolute Gasteiger partial charge is 0.347 e. The number of anilines is 1. The van der Waals surface area contributed by atoms with E-state index in [1.165, 1.54) is 0 Å². The minimum atomic E-state index is -1.09. The fourth-order valence-corrected chi connectivity index (χ4v) is 3.92. The lowest BCUT2D eigenvalue weighted by Crippen LogP contribution is -2.36. The summed E-state index contributed by atoms with van der Waals surface area (Å²) in [6.07, 6.45) is 0.677. The van der Waals surface area contributed by atoms with Gasteiger partial charge in [0.15, 0.2) is 5.58 Å². The van der Waals surface area contributed by atoms with Gasteiger partial charge in [-0.1, -0.05) is 6.92 Å². The number of hydrogen-bond donors (Lipinski definition) is 5. The molecule has 0 spiro atoms. The van der Waals surface area contributed by atoms with Gasteiger partial charge in [0, 0.05) is 29.3 Å². The predicted molar refractivity (Wildman–Crippen MR) is 107 cm³/mol. The number of aromatic nitrogens is 3. The number of aromatic amines is 1. The highest BCUT2D eigenvalue weighted by molar-refractivity contribution is 5.85. The maximum absolute atomic E-state index is 12.0. The van der Waals surface area contributed by atoms with E-state index < -0.39 is 29.9 Å². The Morgan fingerprint density at radius 3 is 2.79 bits per heavy atom. The second kappa shape index (κ2) is 7.58. The average Bonchev–Trinajstić information content (AvgIpc) is 3.22. The van der Waals surface area contributed by atoms with Crippen molar-refractivity contribution in [3.63, 3.8) is 0 Å². The molecule has 3 heterocycles. The summed E-state index contributed by atoms with van der Waals surface area (Å²) in [7, 11) is 0. The highest BCUT2D eigenvalue weighted by Gasteiger charge is 2.41. The van der Waals surface area contributed by atoms with Gasteiger partial charge >= 0.3 is 5.69 Å². The van der Waals surface area contributed by atoms with Crippen LogP contribution >= 0.6 is 0 Å². The van der Waals surface area contributed by atoms with E-state index in [0.717, 1.165) is 17.5 Å². The Bertz CT molecular complexity index is 1090. The Labute approximate surface area is 166 Å². The first-order valence-corrected chi connectivity index (χ1v) is 9.64. The normalized spacial score (nSPS) is 24.3. The zero-order valence-corrected chi connectivity index (χ0v) is 16.2. The molecule has 1 aliphatic carbocycles. The first-order valence-electron chi connectivity index (χ1n) is 9.64. The molecule has 4 unspecified atom stereocenters. The van der Waals surface area contributed by atoms with Gasteiger partial charge < -0.3 is 30.0 Å². The van der Waals surface area contributed by atoms with Crippen molar-refractivity contribution in [3.05, 3.63) is 40.2 Å². The Balaban J connectivity index is 1.76. The molecule has 154 valence electrons. The van der Waals surface area contributed by atoms with Crippen LogP contribution in [0.1, 0.15) is 24.7 Å². The Morgan fingerprint density at radius 2 is 2.10 bits per heavy atom. The molecule has 0 saturated heterocycles. The van der Waals surface area contributed by atoms with Crippen LogP contribution in [0.4, 0.5) is 5.82 Å². The van der Waals surface area contributed by atoms with Crippen LogP contribution in [0.5, 0.6) is 0 Å². The number of rotatable bonds is 5. The van der Waals surface area contributed by atoms with Gasteiger partial charge in [0.2, 0.25) is 0 Å². The van der Waals surface area contributed by atoms with E-state index in [4.69, 9.17) is 4.42 Å². The van der Waals surface area contributed by atoms with Crippen molar-refractivity contribution in [2.24, 2.45) is 5.92 Å². The molecule has 1 fully saturated rings. The van der Waals surface area contributed by atoms with Crippen LogP contribution in [0.25, 0.3) is 22.3 Å². The van der Waals surface area contributed by atoms with Gasteiger partial charge in [0.05, 0.1) is 23.9 Å². The molecule has 5 N–H and O–H groups in total. The number of nitrogens with one attached hydrogen (secondary N) is 2. The fourth-order valence-electron chi connectivity index (χ4n) is 3.92. The average molecular weight is 400 g/mol. The van der Waals surface area contributed by atoms with Gasteiger partial charge in [0.25, 0.3) is 0 Å². The number of aliphatic hydroxyl groups excluding tert-OH is 3. The molecule has 9 nitrogen and oxygen atoms in total. The van der Waals surface area contributed by atoms with E-state index >= 15 is 0 Å². The number of fused-ring (bicyclic) bond motifs is 1. The van der Waals surface area contributed by atoms with Crippen LogP contribution in [-0.4, -0.2) is 55.1 Å². The van der Waals surface area contributed by atoms with Crippen LogP contribution in [0.3, 0.4) is 0 Å². The zero-order chi connectivity index (χ0) is 20.7. The zero-order valence-electron chi connectivity index (χ0n) is 16.2. The molecule has 3 aromatic heterocycles. The molecule has 4 rings (SSSR count). The number of pyridine rings is 1. The van der Waals surface area contributed by atoms with Gasteiger partial charge in [-0.15, -0.1) is 0 Å². The number of furan rings is 1. The molecule has 1 aliphatic rings. The van der Waals surface area contributed by atoms with Crippen molar-refractivity contribution in [2.75, 3.05) is 11.9 Å². The van der Waals surface area contributed by atoms with E-state index in [0.29, 0.717) is 29.0 Å². The van der Waals surface area contributed by atoms with E-state index in [1.54, 1.807) is 13.1 Å². The summed E-state index contributed by atoms with van der Waals surface area (Å²) < 4.78 is 5.95. The SMILES string of the molecule is CCc1cc2cc(-c3c(NC4CC(CO)C(O)C4O)nc(=O)[nH]c3C)oc2cn1. The Hall–Kier alpha value is -2.75. The van der Waals surface area contributed by atoms with Crippen LogP contribution in [0.15, 0.2) is 27.5 Å². The predicted octanol–water partition coefficient (Wildman–Crippen LogP) is 0.963. The summed E-state index contributed by atoms with van der Waals surface area (Å²) in [6, 6.07) is 3.25. The monoisotopic (exact) mass is 400 g/mol. The standard InChI is InChI=1S/C20H24N4O5/c1-3-12-4-10-6-14(29-15(10)7-21-12)16-9(2)22-20(28)24-19(16)23-13-5-11(8-25)17(26)18(13)27/h4,6-7,11,13,17-18,25-27H,3,5,8H2,1-2H3,(H2,22,23,24,28). The summed E-state index contributed by atoms with van der Waals surface area (Å²) in [6.45, 7) is 3.53. The Kier molecular flexibility index (Phi) is 5.12. The number of aliphatic hydroxyl groups is 3. The van der Waals surface area contributed by atoms with E-state index in [2.05, 4.69) is 20.3 Å². The van der Waals surface area contributed by atoms with Crippen LogP contribution in [0, 0.1) is 12.8 Å². The van der Waals surface area contributed by atoms with Crippen molar-refractivity contribution in [1.29, 1.82) is 0 Å². The first-order chi connectivity index (χ1) is 13.9. The Morgan fingerprint density at radius 1 is 1.31 bits per heavy atom. The van der Waals surface area contributed by atoms with Gasteiger partial charge in [0.1, 0.15) is 17.7 Å². The number of hydrogen-bond acceptors (Lipinski definition) is 8. The van der Waals surface area contributed by atoms with Crippen molar-refractivity contribution in [3.8, 4) is 11.3 Å². The van der Waals surface area contributed by atoms with Crippen molar-refractivity contribution >= 4 is 16.8 Å². The molecule has 0 aromatic carbocycles. The first kappa shape index (κ1) is 19.6. The fraction of sp³-hybridized carbons (Fsp3) is 0.450. The summed E-state index contributed by atoms with van der Waals surface area (Å²) in [5.41, 5.74) is 2.14. The molecular formula is C20H24N4O5. The largest absolute Gasteiger partial charge is 0.454 e. The topological polar surface area (TPSA) is 144 Å². The van der Waals surface area contributed by atoms with Crippen molar-refractivity contribution < 1.29 is 19.7 Å². The summed E-state index contributed by atoms with van der Waals surface area (Å²) in [5, 5.41) is 33.8. The third kappa shape index (κ3) is 3.52. The summed E-state index contributed by atoms with van der Waals surface area (Å²) in [5.74, 6) is 0.313. The van der Waals surface area contributed by atoms with Crippen LogP contribution in [0.2, 0.25) is 0 Å². The lowest BCUT2D eigenvalue weighted by molar-refractivity contribution is 0.00446.